The minimum atomic E-state index is -0.259. The summed E-state index contributed by atoms with van der Waals surface area (Å²) in [6.07, 6.45) is 2.13. The maximum absolute atomic E-state index is 11.3. The molecule has 1 saturated heterocycles. The predicted octanol–water partition coefficient (Wildman–Crippen LogP) is 0.213. The first-order valence-corrected chi connectivity index (χ1v) is 6.27. The number of nitrogens with zero attached hydrogens (tertiary/aromatic N) is 1. The van der Waals surface area contributed by atoms with Crippen LogP contribution in [0.2, 0.25) is 0 Å². The van der Waals surface area contributed by atoms with Gasteiger partial charge in [-0.3, -0.25) is 15.1 Å². The number of piperidine rings is 1. The fourth-order valence-electron chi connectivity index (χ4n) is 2.21. The number of nitrogens with one attached hydrogen (secondary N) is 1. The number of nitrogens with two attached hydrogens (primary N) is 2. The first-order chi connectivity index (χ1) is 8.69. The molecule has 0 saturated carbocycles. The molecule has 1 aliphatic heterocycles. The zero-order valence-corrected chi connectivity index (χ0v) is 10.4. The Bertz CT molecular complexity index is 396. The first-order valence-electron chi connectivity index (χ1n) is 6.27. The highest BCUT2D eigenvalue weighted by Gasteiger charge is 2.15. The Morgan fingerprint density at radius 3 is 2.44 bits per heavy atom. The molecule has 0 aliphatic carbocycles. The second kappa shape index (κ2) is 5.95. The van der Waals surface area contributed by atoms with Gasteiger partial charge >= 0.3 is 0 Å². The van der Waals surface area contributed by atoms with Crippen molar-refractivity contribution in [2.45, 2.75) is 25.4 Å². The molecule has 1 aromatic carbocycles. The summed E-state index contributed by atoms with van der Waals surface area (Å²) < 4.78 is 0. The molecule has 5 nitrogen and oxygen atoms in total. The minimum absolute atomic E-state index is 0.259. The first kappa shape index (κ1) is 13.0. The van der Waals surface area contributed by atoms with Crippen LogP contribution in [0, 0.1) is 0 Å². The molecule has 0 bridgehead atoms. The van der Waals surface area contributed by atoms with Crippen LogP contribution in [0.25, 0.3) is 0 Å². The molecule has 0 spiro atoms. The van der Waals surface area contributed by atoms with Crippen molar-refractivity contribution in [1.29, 1.82) is 0 Å². The maximum atomic E-state index is 11.3. The monoisotopic (exact) mass is 248 g/mol. The molecule has 0 atom stereocenters. The van der Waals surface area contributed by atoms with Crippen LogP contribution in [-0.2, 0) is 6.54 Å². The van der Waals surface area contributed by atoms with E-state index in [4.69, 9.17) is 11.6 Å². The van der Waals surface area contributed by atoms with E-state index in [0.29, 0.717) is 11.6 Å². The van der Waals surface area contributed by atoms with E-state index in [1.54, 1.807) is 12.1 Å². The van der Waals surface area contributed by atoms with Crippen LogP contribution in [0.1, 0.15) is 28.8 Å². The van der Waals surface area contributed by atoms with E-state index in [2.05, 4.69) is 10.3 Å². The molecule has 1 heterocycles. The Morgan fingerprint density at radius 2 is 1.89 bits per heavy atom. The lowest BCUT2D eigenvalue weighted by Gasteiger charge is -2.30. The zero-order chi connectivity index (χ0) is 13.0. The van der Waals surface area contributed by atoms with Gasteiger partial charge in [-0.2, -0.15) is 0 Å². The molecule has 2 rings (SSSR count). The summed E-state index contributed by atoms with van der Waals surface area (Å²) in [5, 5.41) is 0. The third-order valence-electron chi connectivity index (χ3n) is 3.39. The van der Waals surface area contributed by atoms with Crippen molar-refractivity contribution >= 4 is 5.91 Å². The van der Waals surface area contributed by atoms with Gasteiger partial charge in [0.25, 0.3) is 5.91 Å². The summed E-state index contributed by atoms with van der Waals surface area (Å²) in [6, 6.07) is 7.90. The summed E-state index contributed by atoms with van der Waals surface area (Å²) in [5.74, 6) is 4.83. The number of nitrogen functional groups attached to an aromatic ring is 1. The van der Waals surface area contributed by atoms with Gasteiger partial charge in [0.1, 0.15) is 0 Å². The highest BCUT2D eigenvalue weighted by molar-refractivity contribution is 5.93. The molecule has 18 heavy (non-hydrogen) atoms. The number of rotatable bonds is 3. The molecule has 5 N–H and O–H groups in total. The van der Waals surface area contributed by atoms with Crippen LogP contribution in [0.5, 0.6) is 0 Å². The molecule has 5 heteroatoms. The average Bonchev–Trinajstić information content (AvgIpc) is 2.41. The normalized spacial score (nSPS) is 17.7. The Balaban J connectivity index is 1.92. The van der Waals surface area contributed by atoms with E-state index >= 15 is 0 Å². The van der Waals surface area contributed by atoms with E-state index in [9.17, 15) is 4.79 Å². The second-order valence-corrected chi connectivity index (χ2v) is 4.78. The van der Waals surface area contributed by atoms with E-state index < -0.39 is 0 Å². The SMILES string of the molecule is NNC(=O)c1ccc(CN2CCC(N)CC2)cc1. The van der Waals surface area contributed by atoms with Gasteiger partial charge in [0.05, 0.1) is 0 Å². The lowest BCUT2D eigenvalue weighted by Crippen LogP contribution is -2.39. The number of amides is 1. The van der Waals surface area contributed by atoms with E-state index in [1.807, 2.05) is 12.1 Å². The average molecular weight is 248 g/mol. The van der Waals surface area contributed by atoms with Crippen LogP contribution in [-0.4, -0.2) is 29.9 Å². The van der Waals surface area contributed by atoms with E-state index in [0.717, 1.165) is 32.5 Å². The Kier molecular flexibility index (Phi) is 4.30. The number of likely N-dealkylation sites (tertiary alicyclic amines) is 1. The van der Waals surface area contributed by atoms with Gasteiger partial charge in [-0.25, -0.2) is 5.84 Å². The highest BCUT2D eigenvalue weighted by atomic mass is 16.2. The molecule has 1 amide bonds. The fraction of sp³-hybridized carbons (Fsp3) is 0.462. The number of carbonyl (C=O) groups excluding carboxylic acids is 1. The highest BCUT2D eigenvalue weighted by Crippen LogP contribution is 2.13. The second-order valence-electron chi connectivity index (χ2n) is 4.78. The van der Waals surface area contributed by atoms with Crippen molar-refractivity contribution in [2.24, 2.45) is 11.6 Å². The van der Waals surface area contributed by atoms with Crippen molar-refractivity contribution in [3.63, 3.8) is 0 Å². The van der Waals surface area contributed by atoms with E-state index in [-0.39, 0.29) is 5.91 Å². The summed E-state index contributed by atoms with van der Waals surface area (Å²) in [5.41, 5.74) is 9.79. The quantitative estimate of drug-likeness (QED) is 0.406. The van der Waals surface area contributed by atoms with Crippen LogP contribution < -0.4 is 17.0 Å². The lowest BCUT2D eigenvalue weighted by molar-refractivity contribution is 0.0953. The van der Waals surface area contributed by atoms with Crippen molar-refractivity contribution in [2.75, 3.05) is 13.1 Å². The number of hydrogen-bond donors (Lipinski definition) is 3. The predicted molar refractivity (Wildman–Crippen MR) is 70.6 cm³/mol. The number of hydrazine groups is 1. The summed E-state index contributed by atoms with van der Waals surface area (Å²) in [6.45, 7) is 3.01. The lowest BCUT2D eigenvalue weighted by atomic mass is 10.0. The van der Waals surface area contributed by atoms with Crippen molar-refractivity contribution in [3.05, 3.63) is 35.4 Å². The third kappa shape index (κ3) is 3.29. The van der Waals surface area contributed by atoms with Crippen LogP contribution in [0.15, 0.2) is 24.3 Å². The topological polar surface area (TPSA) is 84.4 Å². The fourth-order valence-corrected chi connectivity index (χ4v) is 2.21. The summed E-state index contributed by atoms with van der Waals surface area (Å²) >= 11 is 0. The zero-order valence-electron chi connectivity index (χ0n) is 10.4. The molecule has 0 aromatic heterocycles. The van der Waals surface area contributed by atoms with E-state index in [1.165, 1.54) is 5.56 Å². The van der Waals surface area contributed by atoms with Gasteiger partial charge in [-0.05, 0) is 43.6 Å². The Morgan fingerprint density at radius 1 is 1.28 bits per heavy atom. The van der Waals surface area contributed by atoms with Crippen molar-refractivity contribution in [3.8, 4) is 0 Å². The Labute approximate surface area is 107 Å². The largest absolute Gasteiger partial charge is 0.328 e. The molecule has 0 unspecified atom stereocenters. The molecule has 1 aromatic rings. The molecule has 1 fully saturated rings. The van der Waals surface area contributed by atoms with Gasteiger partial charge < -0.3 is 5.73 Å². The van der Waals surface area contributed by atoms with Crippen molar-refractivity contribution in [1.82, 2.24) is 10.3 Å². The molecular weight excluding hydrogens is 228 g/mol. The molecule has 0 radical (unpaired) electrons. The van der Waals surface area contributed by atoms with Crippen LogP contribution in [0.4, 0.5) is 0 Å². The summed E-state index contributed by atoms with van der Waals surface area (Å²) in [4.78, 5) is 13.7. The van der Waals surface area contributed by atoms with Gasteiger partial charge in [-0.1, -0.05) is 12.1 Å². The van der Waals surface area contributed by atoms with Gasteiger partial charge in [0.2, 0.25) is 0 Å². The number of benzene rings is 1. The summed E-state index contributed by atoms with van der Waals surface area (Å²) in [7, 11) is 0. The number of hydrogen-bond acceptors (Lipinski definition) is 4. The molecule has 98 valence electrons. The maximum Gasteiger partial charge on any atom is 0.265 e. The van der Waals surface area contributed by atoms with Crippen LogP contribution in [0.3, 0.4) is 0 Å². The number of carbonyl (C=O) groups is 1. The van der Waals surface area contributed by atoms with Gasteiger partial charge in [0, 0.05) is 18.2 Å². The van der Waals surface area contributed by atoms with Crippen LogP contribution >= 0.6 is 0 Å². The minimum Gasteiger partial charge on any atom is -0.328 e. The standard InChI is InChI=1S/C13H20N4O/c14-12-5-7-17(8-6-12)9-10-1-3-11(4-2-10)13(18)16-15/h1-4,12H,5-9,14-15H2,(H,16,18). The molecule has 1 aliphatic rings. The molecular formula is C13H20N4O. The Hall–Kier alpha value is -1.43. The van der Waals surface area contributed by atoms with Gasteiger partial charge in [0.15, 0.2) is 0 Å². The smallest absolute Gasteiger partial charge is 0.265 e. The third-order valence-corrected chi connectivity index (χ3v) is 3.39. The van der Waals surface area contributed by atoms with Gasteiger partial charge in [-0.15, -0.1) is 0 Å². The van der Waals surface area contributed by atoms with Crippen molar-refractivity contribution < 1.29 is 4.79 Å².